The normalized spacial score (nSPS) is 21.2. The van der Waals surface area contributed by atoms with E-state index in [1.807, 2.05) is 0 Å². The average Bonchev–Trinajstić information content (AvgIpc) is 3.57. The van der Waals surface area contributed by atoms with E-state index < -0.39 is 35.2 Å². The van der Waals surface area contributed by atoms with Gasteiger partial charge in [0.15, 0.2) is 11.4 Å². The minimum atomic E-state index is -0.729. The molecule has 4 atom stereocenters. The van der Waals surface area contributed by atoms with Crippen molar-refractivity contribution in [3.63, 3.8) is 0 Å². The Kier molecular flexibility index (Phi) is 6.83. The SMILES string of the molecule is Cn1c(=O)oc2cc(-c3ccc(CC(C#N)CC(=O)[C@@H]4[C@H]5CC[C@H](C5)N4C(=O)OC(C)(C)C)c(F)c3)ccc21. The number of ketones is 1. The predicted octanol–water partition coefficient (Wildman–Crippen LogP) is 5.37. The number of nitrogens with zero attached hydrogens (tertiary/aromatic N) is 3. The van der Waals surface area contributed by atoms with Crippen molar-refractivity contribution in [3.05, 3.63) is 58.3 Å². The number of aryl methyl sites for hydroxylation is 1. The number of halogens is 1. The van der Waals surface area contributed by atoms with Gasteiger partial charge in [-0.1, -0.05) is 18.2 Å². The predicted molar refractivity (Wildman–Crippen MR) is 142 cm³/mol. The Hall–Kier alpha value is -3.93. The largest absolute Gasteiger partial charge is 0.444 e. The zero-order chi connectivity index (χ0) is 28.1. The van der Waals surface area contributed by atoms with Gasteiger partial charge in [-0.25, -0.2) is 14.0 Å². The molecule has 1 unspecified atom stereocenters. The number of benzene rings is 2. The molecular weight excluding hydrogens is 501 g/mol. The van der Waals surface area contributed by atoms with Crippen LogP contribution < -0.4 is 5.76 Å². The smallest absolute Gasteiger partial charge is 0.419 e. The minimum absolute atomic E-state index is 0.0209. The van der Waals surface area contributed by atoms with E-state index in [2.05, 4.69) is 6.07 Å². The molecule has 1 aliphatic heterocycles. The van der Waals surface area contributed by atoms with E-state index in [-0.39, 0.29) is 30.6 Å². The van der Waals surface area contributed by atoms with Gasteiger partial charge in [-0.15, -0.1) is 0 Å². The molecule has 8 nitrogen and oxygen atoms in total. The number of likely N-dealkylation sites (tertiary alicyclic amines) is 1. The summed E-state index contributed by atoms with van der Waals surface area (Å²) in [5.41, 5.74) is 2.00. The van der Waals surface area contributed by atoms with Gasteiger partial charge in [0.2, 0.25) is 0 Å². The van der Waals surface area contributed by atoms with Crippen molar-refractivity contribution in [2.45, 2.75) is 70.6 Å². The molecule has 0 radical (unpaired) electrons. The van der Waals surface area contributed by atoms with Crippen molar-refractivity contribution in [2.75, 3.05) is 0 Å². The molecule has 1 saturated heterocycles. The number of hydrogen-bond donors (Lipinski definition) is 0. The lowest BCUT2D eigenvalue weighted by Gasteiger charge is -2.35. The van der Waals surface area contributed by atoms with E-state index >= 15 is 4.39 Å². The lowest BCUT2D eigenvalue weighted by Crippen LogP contribution is -2.51. The fraction of sp³-hybridized carbons (Fsp3) is 0.467. The maximum atomic E-state index is 15.2. The Morgan fingerprint density at radius 3 is 2.59 bits per heavy atom. The van der Waals surface area contributed by atoms with E-state index in [9.17, 15) is 19.6 Å². The van der Waals surface area contributed by atoms with Crippen molar-refractivity contribution >= 4 is 23.0 Å². The second kappa shape index (κ2) is 9.99. The summed E-state index contributed by atoms with van der Waals surface area (Å²) in [7, 11) is 1.62. The van der Waals surface area contributed by atoms with Crippen molar-refractivity contribution in [1.29, 1.82) is 5.26 Å². The number of ether oxygens (including phenoxy) is 1. The summed E-state index contributed by atoms with van der Waals surface area (Å²) in [6.45, 7) is 5.37. The molecule has 2 aromatic carbocycles. The van der Waals surface area contributed by atoms with Crippen LogP contribution in [-0.4, -0.2) is 39.0 Å². The first kappa shape index (κ1) is 26.7. The van der Waals surface area contributed by atoms with Crippen molar-refractivity contribution in [3.8, 4) is 17.2 Å². The number of piperidine rings is 1. The Labute approximate surface area is 226 Å². The van der Waals surface area contributed by atoms with E-state index in [1.165, 1.54) is 10.6 Å². The van der Waals surface area contributed by atoms with Crippen LogP contribution >= 0.6 is 0 Å². The van der Waals surface area contributed by atoms with Gasteiger partial charge in [-0.3, -0.25) is 14.3 Å². The van der Waals surface area contributed by atoms with Gasteiger partial charge < -0.3 is 9.15 Å². The Morgan fingerprint density at radius 2 is 1.90 bits per heavy atom. The molecule has 2 fully saturated rings. The highest BCUT2D eigenvalue weighted by Crippen LogP contribution is 2.44. The van der Waals surface area contributed by atoms with Crippen LogP contribution in [0.15, 0.2) is 45.6 Å². The van der Waals surface area contributed by atoms with Gasteiger partial charge in [0, 0.05) is 19.5 Å². The first-order chi connectivity index (χ1) is 18.4. The summed E-state index contributed by atoms with van der Waals surface area (Å²) >= 11 is 0. The summed E-state index contributed by atoms with van der Waals surface area (Å²) in [5, 5.41) is 9.82. The maximum absolute atomic E-state index is 15.2. The van der Waals surface area contributed by atoms with E-state index in [1.54, 1.807) is 63.1 Å². The van der Waals surface area contributed by atoms with Crippen LogP contribution in [0.4, 0.5) is 9.18 Å². The number of Topliss-reactive ketones (excluding diaryl/α,β-unsaturated/α-hetero) is 1. The Bertz CT molecular complexity index is 1540. The second-order valence-corrected chi connectivity index (χ2v) is 11.7. The van der Waals surface area contributed by atoms with Crippen molar-refractivity contribution in [1.82, 2.24) is 9.47 Å². The van der Waals surface area contributed by atoms with Crippen molar-refractivity contribution < 1.29 is 23.1 Å². The Morgan fingerprint density at radius 1 is 1.18 bits per heavy atom. The quantitative estimate of drug-likeness (QED) is 0.422. The molecule has 1 saturated carbocycles. The summed E-state index contributed by atoms with van der Waals surface area (Å²) in [6, 6.07) is 11.5. The van der Waals surface area contributed by atoms with Gasteiger partial charge in [0.25, 0.3) is 0 Å². The van der Waals surface area contributed by atoms with Gasteiger partial charge in [0.1, 0.15) is 11.4 Å². The number of amides is 1. The average molecular weight is 534 g/mol. The molecule has 2 bridgehead atoms. The molecule has 0 N–H and O–H groups in total. The van der Waals surface area contributed by atoms with E-state index in [0.717, 1.165) is 19.3 Å². The number of rotatable bonds is 6. The standard InChI is InChI=1S/C30H32FN3O5/c1-30(2,3)39-29(37)34-22-9-7-21(13-22)27(34)25(35)12-17(16-32)11-20-6-5-18(14-23(20)31)19-8-10-24-26(15-19)38-28(36)33(24)4/h5-6,8,10,14-15,17,21-22,27H,7,9,11-13H2,1-4H3/t17?,21-,22+,27-/m0/s1. The number of fused-ring (bicyclic) bond motifs is 3. The molecule has 9 heteroatoms. The van der Waals surface area contributed by atoms with Crippen LogP contribution in [0.5, 0.6) is 0 Å². The maximum Gasteiger partial charge on any atom is 0.419 e. The zero-order valence-electron chi connectivity index (χ0n) is 22.6. The van der Waals surface area contributed by atoms with Crippen LogP contribution in [0, 0.1) is 29.0 Å². The molecule has 3 aromatic rings. The monoisotopic (exact) mass is 533 g/mol. The fourth-order valence-electron chi connectivity index (χ4n) is 5.98. The molecule has 204 valence electrons. The molecule has 1 aromatic heterocycles. The lowest BCUT2D eigenvalue weighted by molar-refractivity contribution is -0.126. The van der Waals surface area contributed by atoms with Gasteiger partial charge >= 0.3 is 11.8 Å². The third-order valence-corrected chi connectivity index (χ3v) is 7.79. The van der Waals surface area contributed by atoms with Crippen LogP contribution in [0.25, 0.3) is 22.2 Å². The van der Waals surface area contributed by atoms with Crippen LogP contribution in [0.1, 0.15) is 52.0 Å². The van der Waals surface area contributed by atoms with Crippen molar-refractivity contribution in [2.24, 2.45) is 18.9 Å². The number of carbonyl (C=O) groups excluding carboxylic acids is 2. The number of carbonyl (C=O) groups is 2. The van der Waals surface area contributed by atoms with Crippen LogP contribution in [-0.2, 0) is 23.0 Å². The third-order valence-electron chi connectivity index (χ3n) is 7.79. The highest BCUT2D eigenvalue weighted by Gasteiger charge is 2.52. The summed E-state index contributed by atoms with van der Waals surface area (Å²) in [6.07, 6.45) is 2.00. The highest BCUT2D eigenvalue weighted by molar-refractivity contribution is 5.89. The highest BCUT2D eigenvalue weighted by atomic mass is 19.1. The molecule has 1 amide bonds. The van der Waals surface area contributed by atoms with Gasteiger partial charge in [-0.05, 0) is 87.3 Å². The molecule has 0 spiro atoms. The van der Waals surface area contributed by atoms with Gasteiger partial charge in [-0.2, -0.15) is 5.26 Å². The summed E-state index contributed by atoms with van der Waals surface area (Å²) < 4.78 is 27.4. The van der Waals surface area contributed by atoms with E-state index in [0.29, 0.717) is 27.8 Å². The molecule has 1 aliphatic carbocycles. The minimum Gasteiger partial charge on any atom is -0.444 e. The van der Waals surface area contributed by atoms with Crippen LogP contribution in [0.2, 0.25) is 0 Å². The Balaban J connectivity index is 1.30. The number of aromatic nitrogens is 1. The summed E-state index contributed by atoms with van der Waals surface area (Å²) in [4.78, 5) is 39.7. The zero-order valence-corrected chi connectivity index (χ0v) is 22.6. The molecular formula is C30H32FN3O5. The number of hydrogen-bond acceptors (Lipinski definition) is 6. The molecule has 2 heterocycles. The molecule has 39 heavy (non-hydrogen) atoms. The third kappa shape index (κ3) is 5.20. The first-order valence-electron chi connectivity index (χ1n) is 13.3. The molecule has 2 aliphatic rings. The first-order valence-corrected chi connectivity index (χ1v) is 13.3. The van der Waals surface area contributed by atoms with Crippen LogP contribution in [0.3, 0.4) is 0 Å². The number of nitriles is 1. The lowest BCUT2D eigenvalue weighted by atomic mass is 9.87. The van der Waals surface area contributed by atoms with E-state index in [4.69, 9.17) is 9.15 Å². The molecule has 5 rings (SSSR count). The number of oxazole rings is 1. The second-order valence-electron chi connectivity index (χ2n) is 11.7. The fourth-order valence-corrected chi connectivity index (χ4v) is 5.98. The summed E-state index contributed by atoms with van der Waals surface area (Å²) in [5.74, 6) is -1.79. The topological polar surface area (TPSA) is 106 Å². The van der Waals surface area contributed by atoms with Gasteiger partial charge in [0.05, 0.1) is 23.5 Å².